The zero-order chi connectivity index (χ0) is 28.2. The molecular weight excluding hydrogens is 492 g/mol. The van der Waals surface area contributed by atoms with E-state index in [1.807, 2.05) is 35.0 Å². The number of pyridine rings is 1. The molecule has 9 heteroatoms. The van der Waals surface area contributed by atoms with Gasteiger partial charge >= 0.3 is 0 Å². The van der Waals surface area contributed by atoms with Crippen molar-refractivity contribution in [1.82, 2.24) is 30.1 Å². The number of ether oxygens (including phenoxy) is 2. The molecule has 208 valence electrons. The van der Waals surface area contributed by atoms with Gasteiger partial charge in [-0.05, 0) is 91.7 Å². The maximum absolute atomic E-state index is 13.2. The summed E-state index contributed by atoms with van der Waals surface area (Å²) in [5.74, 6) is 2.21. The van der Waals surface area contributed by atoms with Crippen molar-refractivity contribution in [2.24, 2.45) is 0 Å². The van der Waals surface area contributed by atoms with Gasteiger partial charge in [0.15, 0.2) is 17.3 Å². The van der Waals surface area contributed by atoms with Gasteiger partial charge in [-0.1, -0.05) is 31.5 Å². The third-order valence-corrected chi connectivity index (χ3v) is 7.64. The van der Waals surface area contributed by atoms with Crippen molar-refractivity contribution in [3.05, 3.63) is 75.3 Å². The number of methoxy groups -OCH3 is 2. The fraction of sp³-hybridized carbons (Fsp3) is 0.467. The van der Waals surface area contributed by atoms with Crippen LogP contribution in [0.2, 0.25) is 0 Å². The lowest BCUT2D eigenvalue weighted by Crippen LogP contribution is -2.37. The van der Waals surface area contributed by atoms with Crippen LogP contribution in [0.4, 0.5) is 0 Å². The Bertz CT molecular complexity index is 1480. The fourth-order valence-electron chi connectivity index (χ4n) is 4.95. The van der Waals surface area contributed by atoms with Gasteiger partial charge in [0.25, 0.3) is 5.56 Å². The molecule has 2 heterocycles. The molecule has 2 aromatic carbocycles. The second-order valence-electron chi connectivity index (χ2n) is 10.7. The Kier molecular flexibility index (Phi) is 8.70. The van der Waals surface area contributed by atoms with E-state index in [9.17, 15) is 4.79 Å². The molecule has 0 aliphatic heterocycles. The largest absolute Gasteiger partial charge is 0.493 e. The lowest BCUT2D eigenvalue weighted by Gasteiger charge is -2.33. The van der Waals surface area contributed by atoms with E-state index in [1.165, 1.54) is 0 Å². The van der Waals surface area contributed by atoms with Gasteiger partial charge in [-0.15, -0.1) is 5.10 Å². The first-order valence-corrected chi connectivity index (χ1v) is 13.6. The van der Waals surface area contributed by atoms with Crippen LogP contribution in [-0.2, 0) is 18.5 Å². The lowest BCUT2D eigenvalue weighted by molar-refractivity contribution is 0.160. The van der Waals surface area contributed by atoms with Gasteiger partial charge in [0.05, 0.1) is 25.8 Å². The summed E-state index contributed by atoms with van der Waals surface area (Å²) in [6.45, 7) is 11.8. The number of aromatic amines is 1. The number of benzene rings is 2. The van der Waals surface area contributed by atoms with E-state index >= 15 is 0 Å². The van der Waals surface area contributed by atoms with Gasteiger partial charge in [0.1, 0.15) is 0 Å². The van der Waals surface area contributed by atoms with Crippen LogP contribution in [0.3, 0.4) is 0 Å². The van der Waals surface area contributed by atoms with Crippen LogP contribution in [0.5, 0.6) is 11.5 Å². The number of nitrogens with one attached hydrogen (secondary N) is 1. The highest BCUT2D eigenvalue weighted by molar-refractivity contribution is 5.79. The molecule has 1 unspecified atom stereocenters. The minimum Gasteiger partial charge on any atom is -0.493 e. The van der Waals surface area contributed by atoms with Gasteiger partial charge in [-0.3, -0.25) is 9.69 Å². The number of hydrogen-bond acceptors (Lipinski definition) is 7. The van der Waals surface area contributed by atoms with Crippen molar-refractivity contribution in [2.75, 3.05) is 20.8 Å². The van der Waals surface area contributed by atoms with E-state index in [0.29, 0.717) is 30.2 Å². The predicted octanol–water partition coefficient (Wildman–Crippen LogP) is 5.18. The van der Waals surface area contributed by atoms with Crippen molar-refractivity contribution >= 4 is 10.9 Å². The minimum absolute atomic E-state index is 0.0780. The molecule has 0 bridgehead atoms. The summed E-state index contributed by atoms with van der Waals surface area (Å²) in [4.78, 5) is 18.6. The molecule has 1 atom stereocenters. The molecule has 0 saturated heterocycles. The first-order valence-electron chi connectivity index (χ1n) is 13.6. The monoisotopic (exact) mass is 532 g/mol. The molecule has 0 radical (unpaired) electrons. The normalized spacial score (nSPS) is 12.7. The predicted molar refractivity (Wildman–Crippen MR) is 153 cm³/mol. The highest BCUT2D eigenvalue weighted by Gasteiger charge is 2.31. The molecule has 0 fully saturated rings. The highest BCUT2D eigenvalue weighted by atomic mass is 16.5. The number of fused-ring (bicyclic) bond motifs is 1. The maximum atomic E-state index is 13.2. The van der Waals surface area contributed by atoms with E-state index < -0.39 is 0 Å². The third kappa shape index (κ3) is 6.14. The molecule has 0 saturated carbocycles. The summed E-state index contributed by atoms with van der Waals surface area (Å²) in [6, 6.07) is 14.0. The van der Waals surface area contributed by atoms with Crippen molar-refractivity contribution in [1.29, 1.82) is 0 Å². The Labute approximate surface area is 230 Å². The molecule has 39 heavy (non-hydrogen) atoms. The van der Waals surface area contributed by atoms with Crippen molar-refractivity contribution < 1.29 is 9.47 Å². The summed E-state index contributed by atoms with van der Waals surface area (Å²) in [7, 11) is 3.28. The number of aromatic nitrogens is 5. The molecule has 0 amide bonds. The zero-order valence-corrected chi connectivity index (χ0v) is 24.1. The van der Waals surface area contributed by atoms with Gasteiger partial charge in [0.2, 0.25) is 0 Å². The number of aryl methyl sites for hydroxylation is 1. The second-order valence-corrected chi connectivity index (χ2v) is 10.7. The standard InChI is InChI=1S/C30H40N6O3/c1-8-25(28-32-33-34-36(28)30(4,5)9-2)35(15-14-21-11-13-26(38-6)27(17-21)39-7)19-23-18-22-16-20(3)10-12-24(22)31-29(23)37/h10-13,16-18,25H,8-9,14-15,19H2,1-7H3,(H,31,37). The summed E-state index contributed by atoms with van der Waals surface area (Å²) >= 11 is 0. The molecule has 0 spiro atoms. The topological polar surface area (TPSA) is 98.2 Å². The summed E-state index contributed by atoms with van der Waals surface area (Å²) in [5, 5.41) is 14.0. The molecular formula is C30H40N6O3. The third-order valence-electron chi connectivity index (χ3n) is 7.64. The molecule has 0 aliphatic rings. The summed E-state index contributed by atoms with van der Waals surface area (Å²) in [5.41, 5.74) is 3.51. The first-order chi connectivity index (χ1) is 18.7. The van der Waals surface area contributed by atoms with E-state index in [2.05, 4.69) is 72.2 Å². The second kappa shape index (κ2) is 12.0. The first kappa shape index (κ1) is 28.3. The van der Waals surface area contributed by atoms with Crippen LogP contribution < -0.4 is 15.0 Å². The molecule has 4 rings (SSSR count). The Hall–Kier alpha value is -3.72. The van der Waals surface area contributed by atoms with E-state index in [4.69, 9.17) is 9.47 Å². The lowest BCUT2D eigenvalue weighted by atomic mass is 10.0. The Morgan fingerprint density at radius 2 is 1.82 bits per heavy atom. The number of H-pyrrole nitrogens is 1. The SMILES string of the molecule is CCC(c1nnnn1C(C)(C)CC)N(CCc1ccc(OC)c(OC)c1)Cc1cc2cc(C)ccc2[nH]c1=O. The van der Waals surface area contributed by atoms with Crippen LogP contribution in [0, 0.1) is 6.92 Å². The van der Waals surface area contributed by atoms with E-state index in [-0.39, 0.29) is 17.1 Å². The fourth-order valence-corrected chi connectivity index (χ4v) is 4.95. The Morgan fingerprint density at radius 3 is 2.51 bits per heavy atom. The van der Waals surface area contributed by atoms with Gasteiger partial charge in [-0.25, -0.2) is 4.68 Å². The maximum Gasteiger partial charge on any atom is 0.252 e. The molecule has 1 N–H and O–H groups in total. The van der Waals surface area contributed by atoms with Gasteiger partial charge < -0.3 is 14.5 Å². The quantitative estimate of drug-likeness (QED) is 0.268. The van der Waals surface area contributed by atoms with Crippen LogP contribution in [0.25, 0.3) is 10.9 Å². The van der Waals surface area contributed by atoms with Crippen molar-refractivity contribution in [3.8, 4) is 11.5 Å². The minimum atomic E-state index is -0.237. The molecule has 2 aromatic heterocycles. The molecule has 9 nitrogen and oxygen atoms in total. The summed E-state index contributed by atoms with van der Waals surface area (Å²) < 4.78 is 12.9. The number of hydrogen-bond donors (Lipinski definition) is 1. The average Bonchev–Trinajstić information content (AvgIpc) is 3.43. The van der Waals surface area contributed by atoms with Crippen LogP contribution in [-0.4, -0.2) is 50.9 Å². The zero-order valence-electron chi connectivity index (χ0n) is 24.1. The Morgan fingerprint density at radius 1 is 1.05 bits per heavy atom. The van der Waals surface area contributed by atoms with Crippen molar-refractivity contribution in [3.63, 3.8) is 0 Å². The van der Waals surface area contributed by atoms with E-state index in [1.54, 1.807) is 14.2 Å². The summed E-state index contributed by atoms with van der Waals surface area (Å²) in [6.07, 6.45) is 2.42. The van der Waals surface area contributed by atoms with Crippen molar-refractivity contribution in [2.45, 2.75) is 72.0 Å². The van der Waals surface area contributed by atoms with Gasteiger partial charge in [-0.2, -0.15) is 0 Å². The van der Waals surface area contributed by atoms with E-state index in [0.717, 1.165) is 47.1 Å². The molecule has 4 aromatic rings. The van der Waals surface area contributed by atoms with Crippen LogP contribution in [0.1, 0.15) is 69.1 Å². The number of tetrazole rings is 1. The van der Waals surface area contributed by atoms with Crippen LogP contribution in [0.15, 0.2) is 47.3 Å². The molecule has 0 aliphatic carbocycles. The number of nitrogens with zero attached hydrogens (tertiary/aromatic N) is 5. The Balaban J connectivity index is 1.73. The van der Waals surface area contributed by atoms with Gasteiger partial charge in [0, 0.05) is 24.2 Å². The van der Waals surface area contributed by atoms with Crippen LogP contribution >= 0.6 is 0 Å². The average molecular weight is 533 g/mol. The highest BCUT2D eigenvalue weighted by Crippen LogP contribution is 2.31. The number of rotatable bonds is 12. The smallest absolute Gasteiger partial charge is 0.252 e.